The van der Waals surface area contributed by atoms with E-state index in [2.05, 4.69) is 5.32 Å². The first-order valence-corrected chi connectivity index (χ1v) is 9.13. The predicted octanol–water partition coefficient (Wildman–Crippen LogP) is 5.11. The van der Waals surface area contributed by atoms with Crippen molar-refractivity contribution in [3.63, 3.8) is 0 Å². The summed E-state index contributed by atoms with van der Waals surface area (Å²) in [4.78, 5) is 19.3. The highest BCUT2D eigenvalue weighted by atomic mass is 32.1. The van der Waals surface area contributed by atoms with Crippen LogP contribution in [-0.4, -0.2) is 22.5 Å². The first kappa shape index (κ1) is 16.0. The number of carbonyl (C=O) groups excluding carboxylic acids is 1. The zero-order valence-corrected chi connectivity index (χ0v) is 14.6. The first-order valence-electron chi connectivity index (χ1n) is 8.31. The lowest BCUT2D eigenvalue weighted by atomic mass is 10.2. The van der Waals surface area contributed by atoms with Crippen LogP contribution in [0, 0.1) is 12.7 Å². The Kier molecular flexibility index (Phi) is 4.13. The number of aromatic nitrogens is 1. The Labute approximate surface area is 149 Å². The maximum atomic E-state index is 13.5. The van der Waals surface area contributed by atoms with E-state index in [1.807, 2.05) is 36.1 Å². The molecule has 0 bridgehead atoms. The number of amides is 2. The molecule has 1 saturated heterocycles. The lowest BCUT2D eigenvalue weighted by Crippen LogP contribution is -2.34. The lowest BCUT2D eigenvalue weighted by molar-refractivity contribution is 0.207. The smallest absolute Gasteiger partial charge is 0.315 e. The van der Waals surface area contributed by atoms with Gasteiger partial charge in [-0.25, -0.2) is 14.2 Å². The second kappa shape index (κ2) is 6.44. The molecule has 4 nitrogen and oxygen atoms in total. The molecule has 1 aromatic heterocycles. The van der Waals surface area contributed by atoms with E-state index in [4.69, 9.17) is 4.98 Å². The van der Waals surface area contributed by atoms with Gasteiger partial charge in [0.1, 0.15) is 10.8 Å². The highest BCUT2D eigenvalue weighted by Gasteiger charge is 2.32. The van der Waals surface area contributed by atoms with Crippen LogP contribution in [-0.2, 0) is 0 Å². The Hall–Kier alpha value is -2.47. The van der Waals surface area contributed by atoms with Crippen molar-refractivity contribution in [2.24, 2.45) is 0 Å². The Morgan fingerprint density at radius 1 is 1.32 bits per heavy atom. The number of carbonyl (C=O) groups is 1. The van der Waals surface area contributed by atoms with Crippen LogP contribution < -0.4 is 5.32 Å². The summed E-state index contributed by atoms with van der Waals surface area (Å²) >= 11 is 1.63. The lowest BCUT2D eigenvalue weighted by Gasteiger charge is -2.24. The molecule has 3 aromatic rings. The Balaban J connectivity index is 1.58. The number of thiazole rings is 1. The predicted molar refractivity (Wildman–Crippen MR) is 98.5 cm³/mol. The van der Waals surface area contributed by atoms with Gasteiger partial charge in [0.25, 0.3) is 0 Å². The van der Waals surface area contributed by atoms with Crippen LogP contribution in [0.1, 0.15) is 29.5 Å². The molecule has 1 N–H and O–H groups in total. The first-order chi connectivity index (χ1) is 12.1. The van der Waals surface area contributed by atoms with Gasteiger partial charge >= 0.3 is 6.03 Å². The number of halogens is 1. The van der Waals surface area contributed by atoms with E-state index in [0.29, 0.717) is 12.2 Å². The van der Waals surface area contributed by atoms with Gasteiger partial charge in [-0.2, -0.15) is 0 Å². The summed E-state index contributed by atoms with van der Waals surface area (Å²) in [6.45, 7) is 2.53. The molecule has 25 heavy (non-hydrogen) atoms. The number of likely N-dealkylation sites (tertiary alicyclic amines) is 1. The fourth-order valence-electron chi connectivity index (χ4n) is 3.21. The molecule has 1 fully saturated rings. The summed E-state index contributed by atoms with van der Waals surface area (Å²) in [6.07, 6.45) is 1.84. The van der Waals surface area contributed by atoms with Crippen molar-refractivity contribution >= 4 is 33.3 Å². The molecule has 2 amide bonds. The molecule has 1 unspecified atom stereocenters. The number of anilines is 1. The van der Waals surface area contributed by atoms with Crippen molar-refractivity contribution in [3.8, 4) is 0 Å². The summed E-state index contributed by atoms with van der Waals surface area (Å²) in [5.74, 6) is -0.356. The Morgan fingerprint density at radius 3 is 3.00 bits per heavy atom. The molecule has 0 spiro atoms. The van der Waals surface area contributed by atoms with E-state index in [-0.39, 0.29) is 17.9 Å². The van der Waals surface area contributed by atoms with E-state index >= 15 is 0 Å². The topological polar surface area (TPSA) is 45.2 Å². The van der Waals surface area contributed by atoms with Gasteiger partial charge in [0.15, 0.2) is 0 Å². The van der Waals surface area contributed by atoms with Crippen molar-refractivity contribution in [1.29, 1.82) is 0 Å². The Morgan fingerprint density at radius 2 is 2.16 bits per heavy atom. The van der Waals surface area contributed by atoms with E-state index in [1.165, 1.54) is 12.1 Å². The van der Waals surface area contributed by atoms with Crippen LogP contribution in [0.3, 0.4) is 0 Å². The quantitative estimate of drug-likeness (QED) is 0.694. The van der Waals surface area contributed by atoms with Gasteiger partial charge in [0, 0.05) is 12.2 Å². The summed E-state index contributed by atoms with van der Waals surface area (Å²) in [5.41, 5.74) is 2.32. The zero-order chi connectivity index (χ0) is 17.4. The number of hydrogen-bond acceptors (Lipinski definition) is 3. The minimum absolute atomic E-state index is 0.0220. The maximum absolute atomic E-state index is 13.5. The molecular weight excluding hydrogens is 337 g/mol. The number of para-hydroxylation sites is 1. The van der Waals surface area contributed by atoms with Gasteiger partial charge in [-0.05, 0) is 49.6 Å². The fraction of sp³-hybridized carbons (Fsp3) is 0.263. The second-order valence-electron chi connectivity index (χ2n) is 6.26. The third-order valence-corrected chi connectivity index (χ3v) is 5.69. The molecule has 2 heterocycles. The SMILES string of the molecule is Cc1ccc(F)cc1NC(=O)N1CCCC1c1nc2ccccc2s1. The summed E-state index contributed by atoms with van der Waals surface area (Å²) in [6, 6.07) is 12.2. The number of nitrogens with one attached hydrogen (secondary N) is 1. The molecule has 2 aromatic carbocycles. The normalized spacial score (nSPS) is 17.2. The van der Waals surface area contributed by atoms with Crippen LogP contribution in [0.4, 0.5) is 14.9 Å². The molecule has 128 valence electrons. The summed E-state index contributed by atoms with van der Waals surface area (Å²) < 4.78 is 14.6. The van der Waals surface area contributed by atoms with Crippen LogP contribution in [0.15, 0.2) is 42.5 Å². The van der Waals surface area contributed by atoms with Gasteiger partial charge in [-0.3, -0.25) is 0 Å². The van der Waals surface area contributed by atoms with E-state index in [0.717, 1.165) is 33.6 Å². The highest BCUT2D eigenvalue weighted by molar-refractivity contribution is 7.18. The average Bonchev–Trinajstić information content (AvgIpc) is 3.24. The number of nitrogens with zero attached hydrogens (tertiary/aromatic N) is 2. The van der Waals surface area contributed by atoms with Crippen LogP contribution in [0.5, 0.6) is 0 Å². The van der Waals surface area contributed by atoms with Gasteiger partial charge in [0.2, 0.25) is 0 Å². The number of hydrogen-bond donors (Lipinski definition) is 1. The summed E-state index contributed by atoms with van der Waals surface area (Å²) in [5, 5.41) is 3.81. The molecule has 1 aliphatic rings. The molecule has 0 aliphatic carbocycles. The number of urea groups is 1. The average molecular weight is 355 g/mol. The molecular formula is C19H18FN3OS. The number of aryl methyl sites for hydroxylation is 1. The minimum atomic E-state index is -0.356. The van der Waals surface area contributed by atoms with Gasteiger partial charge in [0.05, 0.1) is 16.3 Å². The van der Waals surface area contributed by atoms with Crippen molar-refractivity contribution in [2.75, 3.05) is 11.9 Å². The van der Waals surface area contributed by atoms with Crippen molar-refractivity contribution < 1.29 is 9.18 Å². The minimum Gasteiger partial charge on any atom is -0.315 e. The second-order valence-corrected chi connectivity index (χ2v) is 7.32. The molecule has 6 heteroatoms. The third-order valence-electron chi connectivity index (χ3n) is 4.55. The van der Waals surface area contributed by atoms with Gasteiger partial charge in [-0.15, -0.1) is 11.3 Å². The molecule has 0 saturated carbocycles. The van der Waals surface area contributed by atoms with Crippen LogP contribution in [0.25, 0.3) is 10.2 Å². The van der Waals surface area contributed by atoms with Crippen molar-refractivity contribution in [2.45, 2.75) is 25.8 Å². The molecule has 0 radical (unpaired) electrons. The molecule has 4 rings (SSSR count). The van der Waals surface area contributed by atoms with Gasteiger partial charge in [-0.1, -0.05) is 18.2 Å². The molecule has 1 aliphatic heterocycles. The standard InChI is InChI=1S/C19H18FN3OS/c1-12-8-9-13(20)11-15(12)22-19(24)23-10-4-6-16(23)18-21-14-5-2-3-7-17(14)25-18/h2-3,5,7-9,11,16H,4,6,10H2,1H3,(H,22,24). The van der Waals surface area contributed by atoms with E-state index in [1.54, 1.807) is 17.4 Å². The van der Waals surface area contributed by atoms with Gasteiger partial charge < -0.3 is 10.2 Å². The summed E-state index contributed by atoms with van der Waals surface area (Å²) in [7, 11) is 0. The van der Waals surface area contributed by atoms with Crippen LogP contribution in [0.2, 0.25) is 0 Å². The zero-order valence-electron chi connectivity index (χ0n) is 13.8. The van der Waals surface area contributed by atoms with E-state index in [9.17, 15) is 9.18 Å². The number of benzene rings is 2. The largest absolute Gasteiger partial charge is 0.322 e. The highest BCUT2D eigenvalue weighted by Crippen LogP contribution is 2.36. The molecule has 1 atom stereocenters. The van der Waals surface area contributed by atoms with Crippen molar-refractivity contribution in [3.05, 3.63) is 58.9 Å². The number of rotatable bonds is 2. The van der Waals surface area contributed by atoms with E-state index < -0.39 is 0 Å². The third kappa shape index (κ3) is 3.09. The van der Waals surface area contributed by atoms with Crippen LogP contribution >= 0.6 is 11.3 Å². The fourth-order valence-corrected chi connectivity index (χ4v) is 4.33. The number of fused-ring (bicyclic) bond motifs is 1. The monoisotopic (exact) mass is 355 g/mol. The van der Waals surface area contributed by atoms with Crippen molar-refractivity contribution in [1.82, 2.24) is 9.88 Å². The Bertz CT molecular complexity index is 906. The maximum Gasteiger partial charge on any atom is 0.322 e.